The fourth-order valence-corrected chi connectivity index (χ4v) is 4.16. The first-order valence-corrected chi connectivity index (χ1v) is 8.38. The molecule has 0 saturated heterocycles. The number of carbonyl (C=O) groups is 1. The van der Waals surface area contributed by atoms with Crippen LogP contribution in [0.25, 0.3) is 0 Å². The number of fused-ring (bicyclic) bond motifs is 2. The lowest BCUT2D eigenvalue weighted by Gasteiger charge is -2.12. The molecule has 1 aliphatic heterocycles. The predicted molar refractivity (Wildman–Crippen MR) is 80.6 cm³/mol. The average Bonchev–Trinajstić information content (AvgIpc) is 2.52. The predicted octanol–water partition coefficient (Wildman–Crippen LogP) is 3.43. The summed E-state index contributed by atoms with van der Waals surface area (Å²) in [5, 5.41) is 9.52. The quantitative estimate of drug-likeness (QED) is 0.861. The van der Waals surface area contributed by atoms with Crippen LogP contribution in [-0.2, 0) is 15.6 Å². The molecule has 2 aromatic rings. The van der Waals surface area contributed by atoms with Crippen molar-refractivity contribution in [2.24, 2.45) is 0 Å². The van der Waals surface area contributed by atoms with Crippen molar-refractivity contribution in [2.45, 2.75) is 17.6 Å². The number of aromatic carboxylic acids is 1. The van der Waals surface area contributed by atoms with Gasteiger partial charge in [-0.2, -0.15) is 0 Å². The Balaban J connectivity index is 2.29. The Morgan fingerprint density at radius 2 is 2.00 bits per heavy atom. The normalized spacial score (nSPS) is 15.2. The van der Waals surface area contributed by atoms with Gasteiger partial charge in [-0.3, -0.25) is 0 Å². The highest BCUT2D eigenvalue weighted by Crippen LogP contribution is 2.41. The van der Waals surface area contributed by atoms with Gasteiger partial charge in [0.15, 0.2) is 9.84 Å². The third-order valence-corrected chi connectivity index (χ3v) is 5.30. The number of carboxylic acids is 1. The molecule has 0 unspecified atom stereocenters. The Kier molecular flexibility index (Phi) is 3.38. The Morgan fingerprint density at radius 3 is 2.68 bits per heavy atom. The number of halogens is 1. The van der Waals surface area contributed by atoms with Gasteiger partial charge in [0.2, 0.25) is 0 Å². The largest absolute Gasteiger partial charge is 0.478 e. The lowest BCUT2D eigenvalue weighted by atomic mass is 10.1. The van der Waals surface area contributed by atoms with E-state index in [1.165, 1.54) is 12.1 Å². The monoisotopic (exact) mass is 338 g/mol. The van der Waals surface area contributed by atoms with Crippen molar-refractivity contribution >= 4 is 27.4 Å². The zero-order valence-electron chi connectivity index (χ0n) is 11.5. The Labute approximate surface area is 132 Å². The second kappa shape index (κ2) is 5.00. The molecule has 1 heterocycles. The maximum atomic E-state index is 12.6. The second-order valence-corrected chi connectivity index (χ2v) is 7.43. The van der Waals surface area contributed by atoms with Crippen molar-refractivity contribution in [1.82, 2.24) is 0 Å². The molecule has 1 N–H and O–H groups in total. The van der Waals surface area contributed by atoms with E-state index in [-0.39, 0.29) is 22.0 Å². The molecule has 0 saturated carbocycles. The smallest absolute Gasteiger partial charge is 0.335 e. The van der Waals surface area contributed by atoms with Crippen LogP contribution >= 0.6 is 11.6 Å². The van der Waals surface area contributed by atoms with Crippen LogP contribution in [0, 0.1) is 6.92 Å². The Morgan fingerprint density at radius 1 is 1.27 bits per heavy atom. The van der Waals surface area contributed by atoms with Crippen LogP contribution in [0.5, 0.6) is 11.5 Å². The average molecular weight is 339 g/mol. The first kappa shape index (κ1) is 14.9. The number of rotatable bonds is 1. The van der Waals surface area contributed by atoms with E-state index in [0.29, 0.717) is 21.9 Å². The fourth-order valence-electron chi connectivity index (χ4n) is 2.38. The van der Waals surface area contributed by atoms with Crippen molar-refractivity contribution in [1.29, 1.82) is 0 Å². The van der Waals surface area contributed by atoms with Crippen LogP contribution in [0.15, 0.2) is 35.2 Å². The first-order chi connectivity index (χ1) is 10.3. The molecular formula is C15H11ClO5S. The summed E-state index contributed by atoms with van der Waals surface area (Å²) in [6.45, 7) is 1.61. The summed E-state index contributed by atoms with van der Waals surface area (Å²) in [6, 6.07) is 7.27. The maximum absolute atomic E-state index is 12.6. The molecular weight excluding hydrogens is 328 g/mol. The molecule has 0 spiro atoms. The van der Waals surface area contributed by atoms with E-state index in [4.69, 9.17) is 21.4 Å². The molecule has 114 valence electrons. The highest BCUT2D eigenvalue weighted by atomic mass is 35.5. The summed E-state index contributed by atoms with van der Waals surface area (Å²) in [6.07, 6.45) is 0. The van der Waals surface area contributed by atoms with Gasteiger partial charge in [0.1, 0.15) is 16.4 Å². The van der Waals surface area contributed by atoms with Crippen molar-refractivity contribution in [2.75, 3.05) is 0 Å². The Bertz CT molecular complexity index is 902. The number of aryl methyl sites for hydroxylation is 1. The molecule has 7 heteroatoms. The summed E-state index contributed by atoms with van der Waals surface area (Å²) in [5.74, 6) is -0.923. The number of ether oxygens (including phenoxy) is 1. The summed E-state index contributed by atoms with van der Waals surface area (Å²) < 4.78 is 30.9. The zero-order valence-corrected chi connectivity index (χ0v) is 13.0. The van der Waals surface area contributed by atoms with Crippen LogP contribution in [0.1, 0.15) is 21.5 Å². The van der Waals surface area contributed by atoms with E-state index in [2.05, 4.69) is 0 Å². The third-order valence-electron chi connectivity index (χ3n) is 3.40. The SMILES string of the molecule is Cc1cc(C(=O)O)cc2c1Oc1ccc(Cl)cc1CS2(=O)=O. The maximum Gasteiger partial charge on any atom is 0.335 e. The van der Waals surface area contributed by atoms with Gasteiger partial charge in [-0.25, -0.2) is 13.2 Å². The molecule has 0 bridgehead atoms. The lowest BCUT2D eigenvalue weighted by Crippen LogP contribution is -2.07. The van der Waals surface area contributed by atoms with Gasteiger partial charge in [0, 0.05) is 10.6 Å². The van der Waals surface area contributed by atoms with Gasteiger partial charge in [-0.1, -0.05) is 11.6 Å². The van der Waals surface area contributed by atoms with Crippen molar-refractivity contribution < 1.29 is 23.1 Å². The van der Waals surface area contributed by atoms with E-state index < -0.39 is 15.8 Å². The van der Waals surface area contributed by atoms with Crippen LogP contribution in [-0.4, -0.2) is 19.5 Å². The topological polar surface area (TPSA) is 80.7 Å². The van der Waals surface area contributed by atoms with Gasteiger partial charge in [-0.05, 0) is 42.8 Å². The minimum absolute atomic E-state index is 0.0904. The number of hydrogen-bond donors (Lipinski definition) is 1. The molecule has 2 aromatic carbocycles. The first-order valence-electron chi connectivity index (χ1n) is 6.35. The van der Waals surface area contributed by atoms with E-state index >= 15 is 0 Å². The van der Waals surface area contributed by atoms with Gasteiger partial charge >= 0.3 is 5.97 Å². The zero-order chi connectivity index (χ0) is 16.1. The molecule has 0 radical (unpaired) electrons. The minimum atomic E-state index is -3.73. The summed E-state index contributed by atoms with van der Waals surface area (Å²) in [4.78, 5) is 11.0. The van der Waals surface area contributed by atoms with Crippen LogP contribution in [0.2, 0.25) is 5.02 Å². The van der Waals surface area contributed by atoms with Gasteiger partial charge in [0.25, 0.3) is 0 Å². The van der Waals surface area contributed by atoms with Crippen molar-refractivity contribution in [3.63, 3.8) is 0 Å². The lowest BCUT2D eigenvalue weighted by molar-refractivity contribution is 0.0696. The molecule has 5 nitrogen and oxygen atoms in total. The molecule has 1 aliphatic rings. The molecule has 0 atom stereocenters. The summed E-state index contributed by atoms with van der Waals surface area (Å²) >= 11 is 5.90. The van der Waals surface area contributed by atoms with E-state index in [9.17, 15) is 13.2 Å². The number of sulfone groups is 1. The summed E-state index contributed by atoms with van der Waals surface area (Å²) in [7, 11) is -3.73. The fraction of sp³-hybridized carbons (Fsp3) is 0.133. The van der Waals surface area contributed by atoms with Gasteiger partial charge in [-0.15, -0.1) is 0 Å². The van der Waals surface area contributed by atoms with Crippen LogP contribution in [0.4, 0.5) is 0 Å². The molecule has 0 fully saturated rings. The van der Waals surface area contributed by atoms with Crippen LogP contribution in [0.3, 0.4) is 0 Å². The second-order valence-electron chi connectivity index (χ2n) is 5.04. The minimum Gasteiger partial charge on any atom is -0.478 e. The number of carboxylic acid groups (broad SMARTS) is 1. The van der Waals surface area contributed by atoms with Crippen LogP contribution < -0.4 is 4.74 Å². The number of benzene rings is 2. The highest BCUT2D eigenvalue weighted by Gasteiger charge is 2.29. The van der Waals surface area contributed by atoms with Gasteiger partial charge < -0.3 is 9.84 Å². The number of hydrogen-bond acceptors (Lipinski definition) is 4. The van der Waals surface area contributed by atoms with E-state index in [1.54, 1.807) is 19.1 Å². The van der Waals surface area contributed by atoms with Crippen molar-refractivity contribution in [3.05, 3.63) is 52.0 Å². The van der Waals surface area contributed by atoms with E-state index in [0.717, 1.165) is 6.07 Å². The molecule has 0 aromatic heterocycles. The van der Waals surface area contributed by atoms with E-state index in [1.807, 2.05) is 0 Å². The third kappa shape index (κ3) is 2.44. The van der Waals surface area contributed by atoms with Crippen molar-refractivity contribution in [3.8, 4) is 11.5 Å². The molecule has 22 heavy (non-hydrogen) atoms. The molecule has 0 aliphatic carbocycles. The van der Waals surface area contributed by atoms with Gasteiger partial charge in [0.05, 0.1) is 11.3 Å². The molecule has 3 rings (SSSR count). The molecule has 0 amide bonds. The standard InChI is InChI=1S/C15H11ClO5S/c1-8-4-9(15(17)18)6-13-14(8)21-12-3-2-11(16)5-10(12)7-22(13,19)20/h2-6H,7H2,1H3,(H,17,18). The summed E-state index contributed by atoms with van der Waals surface area (Å²) in [5.41, 5.74) is 0.800. The Hall–Kier alpha value is -2.05. The highest BCUT2D eigenvalue weighted by molar-refractivity contribution is 7.90.